The number of furan rings is 1. The molecule has 1 aliphatic rings. The zero-order valence-corrected chi connectivity index (χ0v) is 30.1. The first kappa shape index (κ1) is 29.4. The zero-order valence-electron chi connectivity index (χ0n) is 29.3. The summed E-state index contributed by atoms with van der Waals surface area (Å²) < 4.78 is 9.80. The molecule has 0 saturated heterocycles. The summed E-state index contributed by atoms with van der Waals surface area (Å²) in [6.45, 7) is 4.77. The van der Waals surface area contributed by atoms with Gasteiger partial charge in [-0.3, -0.25) is 0 Å². The van der Waals surface area contributed by atoms with Gasteiger partial charge in [0.2, 0.25) is 0 Å². The van der Waals surface area contributed by atoms with Crippen LogP contribution in [0.1, 0.15) is 25.0 Å². The van der Waals surface area contributed by atoms with Crippen LogP contribution in [-0.4, -0.2) is 0 Å². The van der Waals surface area contributed by atoms with Crippen LogP contribution in [0.3, 0.4) is 0 Å². The van der Waals surface area contributed by atoms with Gasteiger partial charge in [-0.2, -0.15) is 0 Å². The number of thiophene rings is 1. The minimum Gasteiger partial charge on any atom is -0.455 e. The van der Waals surface area contributed by atoms with Gasteiger partial charge in [-0.1, -0.05) is 135 Å². The highest BCUT2D eigenvalue weighted by atomic mass is 32.1. The van der Waals surface area contributed by atoms with E-state index in [0.717, 1.165) is 16.6 Å². The summed E-state index contributed by atoms with van der Waals surface area (Å²) >= 11 is 1.87. The van der Waals surface area contributed by atoms with Crippen molar-refractivity contribution in [1.82, 2.24) is 0 Å². The summed E-state index contributed by atoms with van der Waals surface area (Å²) in [7, 11) is 0. The fourth-order valence-electron chi connectivity index (χ4n) is 9.59. The van der Waals surface area contributed by atoms with Gasteiger partial charge in [0.1, 0.15) is 11.2 Å². The van der Waals surface area contributed by atoms with E-state index in [9.17, 15) is 0 Å². The van der Waals surface area contributed by atoms with E-state index in [4.69, 9.17) is 4.42 Å². The molecule has 2 heterocycles. The van der Waals surface area contributed by atoms with Gasteiger partial charge < -0.3 is 4.42 Å². The Morgan fingerprint density at radius 3 is 1.77 bits per heavy atom. The first-order valence-electron chi connectivity index (χ1n) is 18.4. The average molecular weight is 693 g/mol. The third-order valence-corrected chi connectivity index (χ3v) is 13.2. The largest absolute Gasteiger partial charge is 0.455 e. The molecule has 0 aliphatic heterocycles. The van der Waals surface area contributed by atoms with E-state index in [1.165, 1.54) is 102 Å². The van der Waals surface area contributed by atoms with Crippen LogP contribution >= 0.6 is 11.3 Å². The number of benzene rings is 9. The van der Waals surface area contributed by atoms with Crippen molar-refractivity contribution in [2.75, 3.05) is 0 Å². The maximum absolute atomic E-state index is 7.15. The highest BCUT2D eigenvalue weighted by Gasteiger charge is 2.39. The quantitative estimate of drug-likeness (QED) is 0.164. The maximum Gasteiger partial charge on any atom is 0.143 e. The Labute approximate surface area is 310 Å². The van der Waals surface area contributed by atoms with Crippen molar-refractivity contribution in [3.63, 3.8) is 0 Å². The summed E-state index contributed by atoms with van der Waals surface area (Å²) in [6, 6.07) is 58.5. The molecular weight excluding hydrogens is 661 g/mol. The Hall–Kier alpha value is -6.22. The molecule has 0 N–H and O–H groups in total. The molecule has 1 aliphatic carbocycles. The van der Waals surface area contributed by atoms with Crippen LogP contribution in [0.2, 0.25) is 0 Å². The minimum atomic E-state index is -0.181. The van der Waals surface area contributed by atoms with Crippen molar-refractivity contribution in [2.45, 2.75) is 19.3 Å². The van der Waals surface area contributed by atoms with Crippen molar-refractivity contribution in [3.05, 3.63) is 169 Å². The SMILES string of the molecule is CC1(C)c2ccccc2-c2c1cc1c(oc3cc4ccccc4cc31)c2-c1c2ccccc2c(-c2ccc3sc4ccccc4c3c2)c2ccccc12. The number of hydrogen-bond donors (Lipinski definition) is 0. The second kappa shape index (κ2) is 10.4. The van der Waals surface area contributed by atoms with Crippen molar-refractivity contribution in [2.24, 2.45) is 0 Å². The summed E-state index contributed by atoms with van der Waals surface area (Å²) in [5.74, 6) is 0. The summed E-state index contributed by atoms with van der Waals surface area (Å²) in [5, 5.41) is 12.4. The molecule has 9 aromatic carbocycles. The average Bonchev–Trinajstić information content (AvgIpc) is 3.82. The van der Waals surface area contributed by atoms with E-state index in [0.29, 0.717) is 0 Å². The van der Waals surface area contributed by atoms with Crippen LogP contribution in [0.5, 0.6) is 0 Å². The second-order valence-electron chi connectivity index (χ2n) is 15.2. The molecule has 0 atom stereocenters. The van der Waals surface area contributed by atoms with Crippen LogP contribution in [0.25, 0.3) is 108 Å². The smallest absolute Gasteiger partial charge is 0.143 e. The number of hydrogen-bond acceptors (Lipinski definition) is 2. The molecule has 0 fully saturated rings. The molecule has 0 saturated carbocycles. The third-order valence-electron chi connectivity index (χ3n) is 12.0. The van der Waals surface area contributed by atoms with Gasteiger partial charge in [0.25, 0.3) is 0 Å². The van der Waals surface area contributed by atoms with E-state index < -0.39 is 0 Å². The van der Waals surface area contributed by atoms with Crippen LogP contribution in [0.4, 0.5) is 0 Å². The van der Waals surface area contributed by atoms with Crippen molar-refractivity contribution in [1.29, 1.82) is 0 Å². The number of fused-ring (bicyclic) bond motifs is 12. The Balaban J connectivity index is 1.27. The standard InChI is InChI=1S/C51H32OS/c1-51(2)41-21-11-9-20-37(41)48-42(51)28-40-38-25-29-13-3-4-14-30(29)27-43(38)52-50(40)49(48)47-35-18-7-5-16-33(35)46(34-17-6-8-19-36(34)47)31-23-24-45-39(26-31)32-15-10-12-22-44(32)53-45/h3-28H,1-2H3. The normalized spacial score (nSPS) is 13.6. The molecule has 0 unspecified atom stereocenters. The van der Waals surface area contributed by atoms with E-state index in [1.807, 2.05) is 11.3 Å². The molecule has 1 nitrogen and oxygen atoms in total. The lowest BCUT2D eigenvalue weighted by Gasteiger charge is -2.23. The van der Waals surface area contributed by atoms with Crippen LogP contribution in [0.15, 0.2) is 162 Å². The molecule has 0 radical (unpaired) electrons. The molecule has 12 rings (SSSR count). The van der Waals surface area contributed by atoms with Gasteiger partial charge in [-0.05, 0) is 102 Å². The molecule has 2 aromatic heterocycles. The highest BCUT2D eigenvalue weighted by Crippen LogP contribution is 2.58. The molecule has 0 amide bonds. The van der Waals surface area contributed by atoms with Gasteiger partial charge in [0, 0.05) is 47.5 Å². The zero-order chi connectivity index (χ0) is 35.0. The van der Waals surface area contributed by atoms with E-state index >= 15 is 0 Å². The van der Waals surface area contributed by atoms with Gasteiger partial charge >= 0.3 is 0 Å². The fraction of sp³-hybridized carbons (Fsp3) is 0.0588. The summed E-state index contributed by atoms with van der Waals surface area (Å²) in [4.78, 5) is 0. The highest BCUT2D eigenvalue weighted by molar-refractivity contribution is 7.25. The predicted octanol–water partition coefficient (Wildman–Crippen LogP) is 15.1. The molecular formula is C51H32OS. The third kappa shape index (κ3) is 3.91. The topological polar surface area (TPSA) is 13.1 Å². The molecule has 53 heavy (non-hydrogen) atoms. The van der Waals surface area contributed by atoms with Crippen LogP contribution in [0, 0.1) is 0 Å². The lowest BCUT2D eigenvalue weighted by molar-refractivity contribution is 0.658. The summed E-state index contributed by atoms with van der Waals surface area (Å²) in [5.41, 5.74) is 11.9. The minimum absolute atomic E-state index is 0.181. The first-order valence-corrected chi connectivity index (χ1v) is 19.2. The van der Waals surface area contributed by atoms with Crippen molar-refractivity contribution in [3.8, 4) is 33.4 Å². The molecule has 2 heteroatoms. The molecule has 11 aromatic rings. The van der Waals surface area contributed by atoms with E-state index in [2.05, 4.69) is 172 Å². The molecule has 0 bridgehead atoms. The summed E-state index contributed by atoms with van der Waals surface area (Å²) in [6.07, 6.45) is 0. The predicted molar refractivity (Wildman–Crippen MR) is 228 cm³/mol. The van der Waals surface area contributed by atoms with Gasteiger partial charge in [0.15, 0.2) is 0 Å². The lowest BCUT2D eigenvalue weighted by Crippen LogP contribution is -2.14. The first-order chi connectivity index (χ1) is 26.0. The Morgan fingerprint density at radius 2 is 1.02 bits per heavy atom. The molecule has 0 spiro atoms. The monoisotopic (exact) mass is 692 g/mol. The Morgan fingerprint density at radius 1 is 0.415 bits per heavy atom. The molecule has 248 valence electrons. The van der Waals surface area contributed by atoms with Crippen LogP contribution < -0.4 is 0 Å². The second-order valence-corrected chi connectivity index (χ2v) is 16.3. The number of rotatable bonds is 2. The van der Waals surface area contributed by atoms with Gasteiger partial charge in [-0.25, -0.2) is 0 Å². The Bertz CT molecular complexity index is 3320. The Kier molecular flexibility index (Phi) is 5.78. The van der Waals surface area contributed by atoms with Crippen LogP contribution in [-0.2, 0) is 5.41 Å². The maximum atomic E-state index is 7.15. The van der Waals surface area contributed by atoms with E-state index in [-0.39, 0.29) is 5.41 Å². The van der Waals surface area contributed by atoms with Crippen molar-refractivity contribution >= 4 is 85.8 Å². The van der Waals surface area contributed by atoms with Gasteiger partial charge in [-0.15, -0.1) is 11.3 Å². The van der Waals surface area contributed by atoms with Crippen molar-refractivity contribution < 1.29 is 4.42 Å². The van der Waals surface area contributed by atoms with Gasteiger partial charge in [0.05, 0.1) is 0 Å². The van der Waals surface area contributed by atoms with E-state index in [1.54, 1.807) is 0 Å². The fourth-order valence-corrected chi connectivity index (χ4v) is 10.7. The lowest BCUT2D eigenvalue weighted by atomic mass is 9.79.